The van der Waals surface area contributed by atoms with Gasteiger partial charge in [0.1, 0.15) is 11.6 Å². The zero-order valence-electron chi connectivity index (χ0n) is 11.6. The van der Waals surface area contributed by atoms with E-state index in [-0.39, 0.29) is 5.82 Å². The number of fused-ring (bicyclic) bond motifs is 1. The predicted octanol–water partition coefficient (Wildman–Crippen LogP) is 4.99. The zero-order valence-corrected chi connectivity index (χ0v) is 13.2. The molecule has 1 aromatic heterocycles. The fourth-order valence-electron chi connectivity index (χ4n) is 2.51. The average molecular weight is 348 g/mol. The molecule has 0 bridgehead atoms. The Kier molecular flexibility index (Phi) is 3.97. The summed E-state index contributed by atoms with van der Waals surface area (Å²) < 4.78 is 22.0. The molecule has 21 heavy (non-hydrogen) atoms. The Morgan fingerprint density at radius 1 is 1.19 bits per heavy atom. The average Bonchev–Trinajstić information content (AvgIpc) is 2.82. The fourth-order valence-corrected chi connectivity index (χ4v) is 3.03. The lowest BCUT2D eigenvalue weighted by Gasteiger charge is -2.08. The van der Waals surface area contributed by atoms with Crippen LogP contribution in [0.5, 0.6) is 5.75 Å². The molecule has 1 heterocycles. The van der Waals surface area contributed by atoms with Crippen LogP contribution in [0.4, 0.5) is 4.39 Å². The third kappa shape index (κ3) is 2.95. The van der Waals surface area contributed by atoms with Crippen molar-refractivity contribution in [3.05, 3.63) is 64.5 Å². The minimum absolute atomic E-state index is 0.231. The quantitative estimate of drug-likeness (QED) is 0.648. The summed E-state index contributed by atoms with van der Waals surface area (Å²) in [4.78, 5) is 0. The molecule has 3 aromatic rings. The van der Waals surface area contributed by atoms with Crippen molar-refractivity contribution in [2.24, 2.45) is 0 Å². The smallest absolute Gasteiger partial charge is 0.128 e. The van der Waals surface area contributed by atoms with E-state index >= 15 is 0 Å². The van der Waals surface area contributed by atoms with Crippen LogP contribution in [0.3, 0.4) is 0 Å². The largest absolute Gasteiger partial charge is 0.493 e. The van der Waals surface area contributed by atoms with Crippen LogP contribution in [-0.4, -0.2) is 11.2 Å². The molecule has 0 spiro atoms. The molecule has 0 amide bonds. The molecule has 0 fully saturated rings. The Hall–Kier alpha value is -1.81. The highest BCUT2D eigenvalue weighted by Crippen LogP contribution is 2.27. The minimum atomic E-state index is -0.231. The van der Waals surface area contributed by atoms with Gasteiger partial charge in [0.15, 0.2) is 0 Å². The molecular formula is C17H15BrFNO. The summed E-state index contributed by atoms with van der Waals surface area (Å²) in [5.41, 5.74) is 2.00. The summed E-state index contributed by atoms with van der Waals surface area (Å²) in [6, 6.07) is 13.0. The van der Waals surface area contributed by atoms with Gasteiger partial charge in [0.2, 0.25) is 0 Å². The number of nitrogens with zero attached hydrogens (tertiary/aromatic N) is 1. The van der Waals surface area contributed by atoms with Gasteiger partial charge in [0.25, 0.3) is 0 Å². The normalized spacial score (nSPS) is 11.0. The van der Waals surface area contributed by atoms with E-state index in [1.54, 1.807) is 6.07 Å². The van der Waals surface area contributed by atoms with E-state index in [0.29, 0.717) is 13.2 Å². The summed E-state index contributed by atoms with van der Waals surface area (Å²) in [6.07, 6.45) is 2.01. The molecule has 0 aliphatic heterocycles. The van der Waals surface area contributed by atoms with Crippen LogP contribution in [0.15, 0.2) is 53.1 Å². The Morgan fingerprint density at radius 2 is 2.05 bits per heavy atom. The minimum Gasteiger partial charge on any atom is -0.493 e. The van der Waals surface area contributed by atoms with Gasteiger partial charge < -0.3 is 9.30 Å². The Balaban J connectivity index is 1.99. The van der Waals surface area contributed by atoms with Gasteiger partial charge in [-0.3, -0.25) is 0 Å². The Morgan fingerprint density at radius 3 is 2.81 bits per heavy atom. The van der Waals surface area contributed by atoms with Crippen molar-refractivity contribution in [1.29, 1.82) is 0 Å². The second-order valence-electron chi connectivity index (χ2n) is 4.84. The maximum atomic E-state index is 13.5. The molecule has 0 saturated carbocycles. The summed E-state index contributed by atoms with van der Waals surface area (Å²) >= 11 is 3.33. The van der Waals surface area contributed by atoms with Gasteiger partial charge in [-0.1, -0.05) is 22.0 Å². The van der Waals surface area contributed by atoms with Crippen LogP contribution in [0.25, 0.3) is 10.9 Å². The first-order valence-corrected chi connectivity index (χ1v) is 7.62. The van der Waals surface area contributed by atoms with E-state index in [2.05, 4.69) is 20.5 Å². The lowest BCUT2D eigenvalue weighted by atomic mass is 10.2. The second kappa shape index (κ2) is 5.90. The highest BCUT2D eigenvalue weighted by Gasteiger charge is 2.07. The lowest BCUT2D eigenvalue weighted by Crippen LogP contribution is -1.99. The van der Waals surface area contributed by atoms with Gasteiger partial charge in [0, 0.05) is 22.6 Å². The molecule has 3 rings (SSSR count). The predicted molar refractivity (Wildman–Crippen MR) is 86.3 cm³/mol. The van der Waals surface area contributed by atoms with Crippen LogP contribution < -0.4 is 4.74 Å². The summed E-state index contributed by atoms with van der Waals surface area (Å²) in [5, 5.41) is 1.08. The highest BCUT2D eigenvalue weighted by atomic mass is 79.9. The van der Waals surface area contributed by atoms with Gasteiger partial charge in [-0.15, -0.1) is 0 Å². The van der Waals surface area contributed by atoms with Crippen molar-refractivity contribution >= 4 is 26.8 Å². The molecule has 0 aliphatic carbocycles. The summed E-state index contributed by atoms with van der Waals surface area (Å²) in [7, 11) is 0. The Labute approximate surface area is 131 Å². The lowest BCUT2D eigenvalue weighted by molar-refractivity contribution is 0.344. The van der Waals surface area contributed by atoms with E-state index in [1.165, 1.54) is 6.07 Å². The van der Waals surface area contributed by atoms with Crippen LogP contribution >= 0.6 is 15.9 Å². The van der Waals surface area contributed by atoms with Crippen molar-refractivity contribution in [3.63, 3.8) is 0 Å². The Bertz CT molecular complexity index is 761. The molecule has 0 atom stereocenters. The number of benzene rings is 2. The van der Waals surface area contributed by atoms with Crippen molar-refractivity contribution < 1.29 is 9.13 Å². The summed E-state index contributed by atoms with van der Waals surface area (Å²) in [6.45, 7) is 3.23. The van der Waals surface area contributed by atoms with Gasteiger partial charge in [-0.05, 0) is 48.9 Å². The van der Waals surface area contributed by atoms with Gasteiger partial charge in [-0.25, -0.2) is 4.39 Å². The molecule has 0 unspecified atom stereocenters. The molecule has 4 heteroatoms. The second-order valence-corrected chi connectivity index (χ2v) is 5.76. The number of hydrogen-bond donors (Lipinski definition) is 0. The van der Waals surface area contributed by atoms with Crippen LogP contribution in [0, 0.1) is 5.82 Å². The molecule has 108 valence electrons. The third-order valence-corrected chi connectivity index (χ3v) is 3.81. The van der Waals surface area contributed by atoms with Crippen molar-refractivity contribution in [2.45, 2.75) is 13.5 Å². The van der Waals surface area contributed by atoms with Gasteiger partial charge in [0.05, 0.1) is 12.1 Å². The standard InChI is InChI=1S/C17H15BrFNO/c1-2-21-17-5-3-4-16-15(17)6-7-20(16)11-12-8-13(18)10-14(19)9-12/h3-10H,2,11H2,1H3. The topological polar surface area (TPSA) is 14.2 Å². The van der Waals surface area contributed by atoms with Crippen LogP contribution in [0.1, 0.15) is 12.5 Å². The maximum Gasteiger partial charge on any atom is 0.128 e. The SMILES string of the molecule is CCOc1cccc2c1ccn2Cc1cc(F)cc(Br)c1. The van der Waals surface area contributed by atoms with Crippen molar-refractivity contribution in [2.75, 3.05) is 6.61 Å². The van der Waals surface area contributed by atoms with E-state index in [9.17, 15) is 4.39 Å². The zero-order chi connectivity index (χ0) is 14.8. The van der Waals surface area contributed by atoms with E-state index < -0.39 is 0 Å². The third-order valence-electron chi connectivity index (χ3n) is 3.35. The molecule has 2 nitrogen and oxygen atoms in total. The van der Waals surface area contributed by atoms with E-state index in [0.717, 1.165) is 26.7 Å². The van der Waals surface area contributed by atoms with Crippen LogP contribution in [-0.2, 0) is 6.54 Å². The van der Waals surface area contributed by atoms with E-state index in [1.807, 2.05) is 43.5 Å². The van der Waals surface area contributed by atoms with Crippen molar-refractivity contribution in [3.8, 4) is 5.75 Å². The van der Waals surface area contributed by atoms with Gasteiger partial charge >= 0.3 is 0 Å². The summed E-state index contributed by atoms with van der Waals surface area (Å²) in [5.74, 6) is 0.653. The number of hydrogen-bond acceptors (Lipinski definition) is 1. The maximum absolute atomic E-state index is 13.5. The monoisotopic (exact) mass is 347 g/mol. The molecular weight excluding hydrogens is 333 g/mol. The molecule has 0 N–H and O–H groups in total. The molecule has 2 aromatic carbocycles. The van der Waals surface area contributed by atoms with Crippen molar-refractivity contribution in [1.82, 2.24) is 4.57 Å². The highest BCUT2D eigenvalue weighted by molar-refractivity contribution is 9.10. The number of aromatic nitrogens is 1. The number of ether oxygens (including phenoxy) is 1. The first-order valence-electron chi connectivity index (χ1n) is 6.83. The van der Waals surface area contributed by atoms with Gasteiger partial charge in [-0.2, -0.15) is 0 Å². The number of rotatable bonds is 4. The molecule has 0 aliphatic rings. The fraction of sp³-hybridized carbons (Fsp3) is 0.176. The first-order chi connectivity index (χ1) is 10.2. The van der Waals surface area contributed by atoms with Crippen LogP contribution in [0.2, 0.25) is 0 Å². The first kappa shape index (κ1) is 14.1. The molecule has 0 radical (unpaired) electrons. The molecule has 0 saturated heterocycles. The van der Waals surface area contributed by atoms with E-state index in [4.69, 9.17) is 4.74 Å². The number of halogens is 2.